The van der Waals surface area contributed by atoms with Gasteiger partial charge in [-0.1, -0.05) is 41.3 Å². The van der Waals surface area contributed by atoms with E-state index in [0.717, 1.165) is 23.1 Å². The van der Waals surface area contributed by atoms with Crippen LogP contribution < -0.4 is 4.90 Å². The Bertz CT molecular complexity index is 359. The van der Waals surface area contributed by atoms with E-state index in [1.807, 2.05) is 6.07 Å². The highest BCUT2D eigenvalue weighted by atomic mass is 79.9. The summed E-state index contributed by atoms with van der Waals surface area (Å²) >= 11 is 3.52. The number of nitrogens with zero attached hydrogens (tertiary/aromatic N) is 1. The largest absolute Gasteiger partial charge is 0.392 e. The average Bonchev–Trinajstić information content (AvgIpc) is 2.28. The first-order chi connectivity index (χ1) is 8.31. The van der Waals surface area contributed by atoms with Gasteiger partial charge >= 0.3 is 0 Å². The van der Waals surface area contributed by atoms with E-state index < -0.39 is 0 Å². The number of aliphatic hydroxyl groups excluding tert-OH is 1. The lowest BCUT2D eigenvalue weighted by Gasteiger charge is -2.27. The predicted octanol–water partition coefficient (Wildman–Crippen LogP) is 3.71. The summed E-state index contributed by atoms with van der Waals surface area (Å²) in [5.74, 6) is 0. The molecule has 1 saturated heterocycles. The van der Waals surface area contributed by atoms with Crippen molar-refractivity contribution in [3.05, 3.63) is 28.2 Å². The topological polar surface area (TPSA) is 23.5 Å². The molecule has 1 fully saturated rings. The first-order valence-electron chi connectivity index (χ1n) is 6.45. The van der Waals surface area contributed by atoms with E-state index in [2.05, 4.69) is 33.0 Å². The van der Waals surface area contributed by atoms with E-state index in [1.165, 1.54) is 37.8 Å². The molecule has 0 atom stereocenters. The Kier molecular flexibility index (Phi) is 4.86. The standard InChI is InChI=1S/C14H20BrNO/c15-14-10-13(7-6-12(14)11-17)16-8-4-2-1-3-5-9-16/h6-7,10,17H,1-5,8-9,11H2. The van der Waals surface area contributed by atoms with Gasteiger partial charge in [0.2, 0.25) is 0 Å². The maximum atomic E-state index is 9.16. The lowest BCUT2D eigenvalue weighted by Crippen LogP contribution is -2.26. The van der Waals surface area contributed by atoms with E-state index in [0.29, 0.717) is 0 Å². The van der Waals surface area contributed by atoms with Gasteiger partial charge in [-0.3, -0.25) is 0 Å². The lowest BCUT2D eigenvalue weighted by atomic mass is 10.1. The van der Waals surface area contributed by atoms with Crippen LogP contribution in [0, 0.1) is 0 Å². The molecule has 0 radical (unpaired) electrons. The molecule has 3 heteroatoms. The zero-order chi connectivity index (χ0) is 12.1. The molecule has 0 spiro atoms. The summed E-state index contributed by atoms with van der Waals surface area (Å²) in [7, 11) is 0. The molecule has 1 heterocycles. The van der Waals surface area contributed by atoms with E-state index in [9.17, 15) is 0 Å². The van der Waals surface area contributed by atoms with Crippen LogP contribution in [-0.2, 0) is 6.61 Å². The van der Waals surface area contributed by atoms with E-state index >= 15 is 0 Å². The number of aliphatic hydroxyl groups is 1. The van der Waals surface area contributed by atoms with Crippen molar-refractivity contribution in [1.29, 1.82) is 0 Å². The number of rotatable bonds is 2. The smallest absolute Gasteiger partial charge is 0.0692 e. The Morgan fingerprint density at radius 3 is 2.29 bits per heavy atom. The highest BCUT2D eigenvalue weighted by Crippen LogP contribution is 2.25. The highest BCUT2D eigenvalue weighted by Gasteiger charge is 2.10. The lowest BCUT2D eigenvalue weighted by molar-refractivity contribution is 0.281. The molecule has 17 heavy (non-hydrogen) atoms. The second-order valence-electron chi connectivity index (χ2n) is 4.69. The van der Waals surface area contributed by atoms with Gasteiger partial charge in [-0.05, 0) is 30.5 Å². The summed E-state index contributed by atoms with van der Waals surface area (Å²) in [6.45, 7) is 2.41. The maximum absolute atomic E-state index is 9.16. The molecule has 1 aromatic carbocycles. The maximum Gasteiger partial charge on any atom is 0.0692 e. The molecule has 1 aliphatic rings. The molecule has 1 N–H and O–H groups in total. The van der Waals surface area contributed by atoms with Gasteiger partial charge in [0.15, 0.2) is 0 Å². The second kappa shape index (κ2) is 6.41. The first-order valence-corrected chi connectivity index (χ1v) is 7.25. The summed E-state index contributed by atoms with van der Waals surface area (Å²) in [4.78, 5) is 2.46. The third kappa shape index (κ3) is 3.46. The molecule has 0 bridgehead atoms. The number of benzene rings is 1. The average molecular weight is 298 g/mol. The summed E-state index contributed by atoms with van der Waals surface area (Å²) in [6.07, 6.45) is 6.68. The van der Waals surface area contributed by atoms with Crippen molar-refractivity contribution in [2.75, 3.05) is 18.0 Å². The molecule has 0 unspecified atom stereocenters. The molecule has 94 valence electrons. The zero-order valence-electron chi connectivity index (χ0n) is 10.2. The molecule has 1 aromatic rings. The van der Waals surface area contributed by atoms with Crippen LogP contribution in [0.15, 0.2) is 22.7 Å². The van der Waals surface area contributed by atoms with Gasteiger partial charge in [0, 0.05) is 23.2 Å². The Morgan fingerprint density at radius 2 is 1.71 bits per heavy atom. The normalized spacial score (nSPS) is 17.6. The van der Waals surface area contributed by atoms with E-state index in [4.69, 9.17) is 5.11 Å². The Labute approximate surface area is 112 Å². The minimum absolute atomic E-state index is 0.0981. The third-order valence-corrected chi connectivity index (χ3v) is 4.17. The molecule has 0 aromatic heterocycles. The molecule has 1 aliphatic heterocycles. The fourth-order valence-electron chi connectivity index (χ4n) is 2.37. The summed E-state index contributed by atoms with van der Waals surface area (Å²) in [5, 5.41) is 9.16. The number of halogens is 1. The molecule has 0 aliphatic carbocycles. The van der Waals surface area contributed by atoms with Gasteiger partial charge in [0.25, 0.3) is 0 Å². The van der Waals surface area contributed by atoms with Crippen molar-refractivity contribution in [3.8, 4) is 0 Å². The molecular weight excluding hydrogens is 278 g/mol. The zero-order valence-corrected chi connectivity index (χ0v) is 11.7. The molecule has 0 saturated carbocycles. The van der Waals surface area contributed by atoms with Crippen molar-refractivity contribution in [2.24, 2.45) is 0 Å². The van der Waals surface area contributed by atoms with Crippen LogP contribution in [-0.4, -0.2) is 18.2 Å². The third-order valence-electron chi connectivity index (χ3n) is 3.43. The fourth-order valence-corrected chi connectivity index (χ4v) is 2.86. The summed E-state index contributed by atoms with van der Waals surface area (Å²) in [5.41, 5.74) is 2.23. The SMILES string of the molecule is OCc1ccc(N2CCCCCCC2)cc1Br. The fraction of sp³-hybridized carbons (Fsp3) is 0.571. The van der Waals surface area contributed by atoms with Gasteiger partial charge in [0.05, 0.1) is 6.61 Å². The van der Waals surface area contributed by atoms with Crippen LogP contribution >= 0.6 is 15.9 Å². The molecule has 2 nitrogen and oxygen atoms in total. The van der Waals surface area contributed by atoms with Gasteiger partial charge in [-0.15, -0.1) is 0 Å². The van der Waals surface area contributed by atoms with Crippen LogP contribution in [0.4, 0.5) is 5.69 Å². The minimum Gasteiger partial charge on any atom is -0.392 e. The minimum atomic E-state index is 0.0981. The van der Waals surface area contributed by atoms with E-state index in [1.54, 1.807) is 0 Å². The number of hydrogen-bond donors (Lipinski definition) is 1. The molecule has 2 rings (SSSR count). The van der Waals surface area contributed by atoms with Crippen molar-refractivity contribution in [3.63, 3.8) is 0 Å². The van der Waals surface area contributed by atoms with Crippen LogP contribution in [0.2, 0.25) is 0 Å². The van der Waals surface area contributed by atoms with Crippen molar-refractivity contribution in [2.45, 2.75) is 38.7 Å². The van der Waals surface area contributed by atoms with Crippen LogP contribution in [0.25, 0.3) is 0 Å². The van der Waals surface area contributed by atoms with Crippen molar-refractivity contribution < 1.29 is 5.11 Å². The Balaban J connectivity index is 2.11. The van der Waals surface area contributed by atoms with Crippen LogP contribution in [0.5, 0.6) is 0 Å². The van der Waals surface area contributed by atoms with Gasteiger partial charge in [0.1, 0.15) is 0 Å². The monoisotopic (exact) mass is 297 g/mol. The van der Waals surface area contributed by atoms with Crippen molar-refractivity contribution >= 4 is 21.6 Å². The summed E-state index contributed by atoms with van der Waals surface area (Å²) < 4.78 is 1.01. The van der Waals surface area contributed by atoms with E-state index in [-0.39, 0.29) is 6.61 Å². The van der Waals surface area contributed by atoms with Crippen LogP contribution in [0.3, 0.4) is 0 Å². The quantitative estimate of drug-likeness (QED) is 0.899. The first kappa shape index (κ1) is 12.9. The second-order valence-corrected chi connectivity index (χ2v) is 5.54. The number of anilines is 1. The van der Waals surface area contributed by atoms with Crippen LogP contribution in [0.1, 0.15) is 37.7 Å². The van der Waals surface area contributed by atoms with Gasteiger partial charge < -0.3 is 10.0 Å². The van der Waals surface area contributed by atoms with Gasteiger partial charge in [-0.2, -0.15) is 0 Å². The Hall–Kier alpha value is -0.540. The highest BCUT2D eigenvalue weighted by molar-refractivity contribution is 9.10. The predicted molar refractivity (Wildman–Crippen MR) is 75.4 cm³/mol. The van der Waals surface area contributed by atoms with Gasteiger partial charge in [-0.25, -0.2) is 0 Å². The molecule has 0 amide bonds. The van der Waals surface area contributed by atoms with Crippen molar-refractivity contribution in [1.82, 2.24) is 0 Å². The number of hydrogen-bond acceptors (Lipinski definition) is 2. The summed E-state index contributed by atoms with van der Waals surface area (Å²) in [6, 6.07) is 6.27. The Morgan fingerprint density at radius 1 is 1.06 bits per heavy atom. The molecular formula is C14H20BrNO.